The first-order chi connectivity index (χ1) is 9.38. The highest BCUT2D eigenvalue weighted by Gasteiger charge is 2.26. The van der Waals surface area contributed by atoms with Gasteiger partial charge in [-0.05, 0) is 39.3 Å². The normalized spacial score (nSPS) is 16.3. The fraction of sp³-hybridized carbons (Fsp3) is 0.562. The van der Waals surface area contributed by atoms with Gasteiger partial charge >= 0.3 is 0 Å². The van der Waals surface area contributed by atoms with Gasteiger partial charge in [-0.2, -0.15) is 0 Å². The Labute approximate surface area is 133 Å². The molecule has 0 radical (unpaired) electrons. The lowest BCUT2D eigenvalue weighted by molar-refractivity contribution is -0.123. The molecule has 0 aliphatic carbocycles. The molecule has 0 saturated heterocycles. The molecular weight excluding hydrogens is 286 g/mol. The fourth-order valence-electron chi connectivity index (χ4n) is 2.50. The van der Waals surface area contributed by atoms with Crippen molar-refractivity contribution in [3.8, 4) is 0 Å². The Morgan fingerprint density at radius 1 is 1.33 bits per heavy atom. The smallest absolute Gasteiger partial charge is 0.242 e. The number of para-hydroxylation sites is 1. The van der Waals surface area contributed by atoms with E-state index in [0.717, 1.165) is 25.3 Å². The second-order valence-electron chi connectivity index (χ2n) is 6.41. The number of hydrogen-bond acceptors (Lipinski definition) is 3. The summed E-state index contributed by atoms with van der Waals surface area (Å²) in [5.41, 5.74) is 2.21. The number of amides is 1. The van der Waals surface area contributed by atoms with Crippen molar-refractivity contribution >= 4 is 24.0 Å². The Hall–Kier alpha value is -1.26. The highest BCUT2D eigenvalue weighted by molar-refractivity contribution is 5.86. The largest absolute Gasteiger partial charge is 0.358 e. The molecule has 1 aromatic rings. The lowest BCUT2D eigenvalue weighted by Crippen LogP contribution is -2.52. The summed E-state index contributed by atoms with van der Waals surface area (Å²) in [5, 5.41) is 6.47. The quantitative estimate of drug-likeness (QED) is 0.881. The summed E-state index contributed by atoms with van der Waals surface area (Å²) < 4.78 is 0. The summed E-state index contributed by atoms with van der Waals surface area (Å²) in [6.45, 7) is 10.6. The molecule has 21 heavy (non-hydrogen) atoms. The summed E-state index contributed by atoms with van der Waals surface area (Å²) in [6, 6.07) is 8.13. The van der Waals surface area contributed by atoms with Gasteiger partial charge in [0, 0.05) is 30.9 Å². The number of hydrogen-bond donors (Lipinski definition) is 2. The van der Waals surface area contributed by atoms with E-state index in [0.29, 0.717) is 0 Å². The Morgan fingerprint density at radius 3 is 2.67 bits per heavy atom. The van der Waals surface area contributed by atoms with Gasteiger partial charge in [0.15, 0.2) is 0 Å². The summed E-state index contributed by atoms with van der Waals surface area (Å²) in [7, 11) is 0. The van der Waals surface area contributed by atoms with Gasteiger partial charge in [0.1, 0.15) is 6.04 Å². The Morgan fingerprint density at radius 2 is 2.00 bits per heavy atom. The maximum atomic E-state index is 12.4. The molecule has 1 aliphatic rings. The van der Waals surface area contributed by atoms with Gasteiger partial charge < -0.3 is 15.5 Å². The summed E-state index contributed by atoms with van der Waals surface area (Å²) in [6.07, 6.45) is 0. The van der Waals surface area contributed by atoms with E-state index in [1.807, 2.05) is 39.8 Å². The molecule has 2 N–H and O–H groups in total. The molecule has 0 fully saturated rings. The molecule has 0 bridgehead atoms. The van der Waals surface area contributed by atoms with Crippen LogP contribution < -0.4 is 15.5 Å². The van der Waals surface area contributed by atoms with Crippen LogP contribution in [0.4, 0.5) is 5.69 Å². The lowest BCUT2D eigenvalue weighted by atomic mass is 10.1. The van der Waals surface area contributed by atoms with Crippen molar-refractivity contribution in [3.63, 3.8) is 0 Å². The third kappa shape index (κ3) is 4.61. The van der Waals surface area contributed by atoms with E-state index in [-0.39, 0.29) is 29.9 Å². The number of fused-ring (bicyclic) bond motifs is 1. The van der Waals surface area contributed by atoms with Crippen molar-refractivity contribution in [2.75, 3.05) is 18.0 Å². The number of benzene rings is 1. The first kappa shape index (κ1) is 17.8. The predicted molar refractivity (Wildman–Crippen MR) is 90.1 cm³/mol. The molecule has 1 aliphatic heterocycles. The standard InChI is InChI=1S/C16H25N3O.ClH/c1-12(15(20)18-16(2,3)4)19-10-9-17-11-13-7-5-6-8-14(13)19;/h5-8,12,17H,9-11H2,1-4H3,(H,18,20);1H. The molecule has 0 saturated carbocycles. The van der Waals surface area contributed by atoms with E-state index >= 15 is 0 Å². The number of halogens is 1. The van der Waals surface area contributed by atoms with Crippen LogP contribution in [0.15, 0.2) is 24.3 Å². The second-order valence-corrected chi connectivity index (χ2v) is 6.41. The monoisotopic (exact) mass is 311 g/mol. The Balaban J connectivity index is 0.00000220. The van der Waals surface area contributed by atoms with E-state index in [2.05, 4.69) is 27.7 Å². The number of rotatable bonds is 2. The molecule has 0 aromatic heterocycles. The molecule has 0 spiro atoms. The van der Waals surface area contributed by atoms with E-state index < -0.39 is 0 Å². The highest BCUT2D eigenvalue weighted by atomic mass is 35.5. The molecule has 1 aromatic carbocycles. The van der Waals surface area contributed by atoms with Crippen molar-refractivity contribution in [3.05, 3.63) is 29.8 Å². The number of anilines is 1. The second kappa shape index (κ2) is 7.14. The topological polar surface area (TPSA) is 44.4 Å². The molecule has 1 amide bonds. The molecule has 5 heteroatoms. The molecule has 1 heterocycles. The third-order valence-electron chi connectivity index (χ3n) is 3.49. The van der Waals surface area contributed by atoms with Gasteiger partial charge in [0.2, 0.25) is 5.91 Å². The van der Waals surface area contributed by atoms with Crippen LogP contribution >= 0.6 is 12.4 Å². The van der Waals surface area contributed by atoms with Gasteiger partial charge in [-0.1, -0.05) is 18.2 Å². The molecule has 2 rings (SSSR count). The number of carbonyl (C=O) groups is 1. The van der Waals surface area contributed by atoms with Gasteiger partial charge in [-0.25, -0.2) is 0 Å². The average molecular weight is 312 g/mol. The molecule has 4 nitrogen and oxygen atoms in total. The van der Waals surface area contributed by atoms with Crippen LogP contribution in [-0.2, 0) is 11.3 Å². The van der Waals surface area contributed by atoms with Crippen molar-refractivity contribution in [2.45, 2.75) is 45.8 Å². The summed E-state index contributed by atoms with van der Waals surface area (Å²) >= 11 is 0. The van der Waals surface area contributed by atoms with E-state index in [1.165, 1.54) is 5.56 Å². The van der Waals surface area contributed by atoms with E-state index in [1.54, 1.807) is 0 Å². The van der Waals surface area contributed by atoms with Crippen LogP contribution in [0.3, 0.4) is 0 Å². The zero-order valence-corrected chi connectivity index (χ0v) is 14.1. The minimum Gasteiger partial charge on any atom is -0.358 e. The van der Waals surface area contributed by atoms with Crippen LogP contribution in [0, 0.1) is 0 Å². The van der Waals surface area contributed by atoms with Crippen LogP contribution in [0.5, 0.6) is 0 Å². The number of nitrogens with zero attached hydrogens (tertiary/aromatic N) is 1. The van der Waals surface area contributed by atoms with Crippen molar-refractivity contribution in [2.24, 2.45) is 0 Å². The summed E-state index contributed by atoms with van der Waals surface area (Å²) in [4.78, 5) is 14.6. The van der Waals surface area contributed by atoms with Crippen molar-refractivity contribution < 1.29 is 4.79 Å². The Bertz CT molecular complexity index is 485. The number of carbonyl (C=O) groups excluding carboxylic acids is 1. The molecular formula is C16H26ClN3O. The van der Waals surface area contributed by atoms with Crippen molar-refractivity contribution in [1.82, 2.24) is 10.6 Å². The van der Waals surface area contributed by atoms with E-state index in [9.17, 15) is 4.79 Å². The van der Waals surface area contributed by atoms with Crippen molar-refractivity contribution in [1.29, 1.82) is 0 Å². The maximum Gasteiger partial charge on any atom is 0.242 e. The minimum atomic E-state index is -0.199. The van der Waals surface area contributed by atoms with Crippen LogP contribution in [0.25, 0.3) is 0 Å². The first-order valence-electron chi connectivity index (χ1n) is 7.26. The maximum absolute atomic E-state index is 12.4. The summed E-state index contributed by atoms with van der Waals surface area (Å²) in [5.74, 6) is 0.0780. The zero-order valence-electron chi connectivity index (χ0n) is 13.3. The molecule has 118 valence electrons. The fourth-order valence-corrected chi connectivity index (χ4v) is 2.50. The van der Waals surface area contributed by atoms with Gasteiger partial charge in [0.05, 0.1) is 0 Å². The SMILES string of the molecule is CC(C(=O)NC(C)(C)C)N1CCNCc2ccccc21.Cl. The zero-order chi connectivity index (χ0) is 14.8. The molecule has 1 unspecified atom stereocenters. The van der Waals surface area contributed by atoms with Crippen LogP contribution in [-0.4, -0.2) is 30.6 Å². The predicted octanol–water partition coefficient (Wildman–Crippen LogP) is 2.32. The highest BCUT2D eigenvalue weighted by Crippen LogP contribution is 2.24. The van der Waals surface area contributed by atoms with E-state index in [4.69, 9.17) is 0 Å². The third-order valence-corrected chi connectivity index (χ3v) is 3.49. The minimum absolute atomic E-state index is 0. The lowest BCUT2D eigenvalue weighted by Gasteiger charge is -2.32. The van der Waals surface area contributed by atoms with Gasteiger partial charge in [0.25, 0.3) is 0 Å². The molecule has 1 atom stereocenters. The first-order valence-corrected chi connectivity index (χ1v) is 7.26. The van der Waals surface area contributed by atoms with Gasteiger partial charge in [-0.15, -0.1) is 12.4 Å². The number of nitrogens with one attached hydrogen (secondary N) is 2. The van der Waals surface area contributed by atoms with Crippen LogP contribution in [0.2, 0.25) is 0 Å². The van der Waals surface area contributed by atoms with Crippen LogP contribution in [0.1, 0.15) is 33.3 Å². The Kier molecular flexibility index (Phi) is 6.05. The average Bonchev–Trinajstić information content (AvgIpc) is 2.58. The van der Waals surface area contributed by atoms with Gasteiger partial charge in [-0.3, -0.25) is 4.79 Å².